The molecule has 9 heteroatoms. The highest BCUT2D eigenvalue weighted by Gasteiger charge is 2.30. The maximum absolute atomic E-state index is 12.7. The summed E-state index contributed by atoms with van der Waals surface area (Å²) in [7, 11) is -3.32. The number of hydrogen-bond acceptors (Lipinski definition) is 5. The number of anilines is 1. The molecular formula is C21H17BrN2O5S. The topological polar surface area (TPSA) is 105 Å². The number of amides is 2. The van der Waals surface area contributed by atoms with Gasteiger partial charge in [-0.15, -0.1) is 0 Å². The molecule has 1 aliphatic rings. The summed E-state index contributed by atoms with van der Waals surface area (Å²) in [5.74, 6) is -0.572. The van der Waals surface area contributed by atoms with Crippen LogP contribution < -0.4 is 10.6 Å². The van der Waals surface area contributed by atoms with Gasteiger partial charge in [-0.25, -0.2) is 8.42 Å². The molecule has 1 aromatic heterocycles. The Morgan fingerprint density at radius 1 is 0.967 bits per heavy atom. The van der Waals surface area contributed by atoms with E-state index in [1.165, 1.54) is 0 Å². The van der Waals surface area contributed by atoms with E-state index in [2.05, 4.69) is 26.6 Å². The Labute approximate surface area is 181 Å². The predicted octanol–water partition coefficient (Wildman–Crippen LogP) is 3.94. The standard InChI is InChI=1S/C21H17BrN2O5S/c22-19-10-9-17(29-19)21(26)23-14-7-5-13(6-8-14)20(25)24-16-11-12-30(27,28)18-4-2-1-3-15(16)18/h1-10,16H,11-12H2,(H,23,26)(H,24,25). The SMILES string of the molecule is O=C(NC1CCS(=O)(=O)c2ccccc21)c1ccc(NC(=O)c2ccc(Br)o2)cc1. The zero-order valence-corrected chi connectivity index (χ0v) is 18.0. The number of fused-ring (bicyclic) bond motifs is 1. The van der Waals surface area contributed by atoms with Crippen molar-refractivity contribution in [3.8, 4) is 0 Å². The molecule has 0 aliphatic carbocycles. The van der Waals surface area contributed by atoms with E-state index < -0.39 is 15.7 Å². The van der Waals surface area contributed by atoms with E-state index in [1.807, 2.05) is 0 Å². The van der Waals surface area contributed by atoms with Crippen LogP contribution in [0.3, 0.4) is 0 Å². The zero-order chi connectivity index (χ0) is 21.3. The average Bonchev–Trinajstić information content (AvgIpc) is 3.17. The monoisotopic (exact) mass is 488 g/mol. The molecule has 2 heterocycles. The van der Waals surface area contributed by atoms with Gasteiger partial charge in [0.15, 0.2) is 20.3 Å². The van der Waals surface area contributed by atoms with Gasteiger partial charge in [0, 0.05) is 11.3 Å². The fourth-order valence-electron chi connectivity index (χ4n) is 3.32. The third-order valence-electron chi connectivity index (χ3n) is 4.81. The van der Waals surface area contributed by atoms with E-state index in [-0.39, 0.29) is 28.4 Å². The molecule has 0 saturated carbocycles. The molecule has 1 aliphatic heterocycles. The normalized spacial score (nSPS) is 17.0. The molecule has 30 heavy (non-hydrogen) atoms. The number of carbonyl (C=O) groups excluding carboxylic acids is 2. The summed E-state index contributed by atoms with van der Waals surface area (Å²) in [5, 5.41) is 5.60. The highest BCUT2D eigenvalue weighted by atomic mass is 79.9. The summed E-state index contributed by atoms with van der Waals surface area (Å²) in [6.45, 7) is 0. The first-order chi connectivity index (χ1) is 14.3. The molecule has 2 N–H and O–H groups in total. The van der Waals surface area contributed by atoms with Crippen LogP contribution in [0.1, 0.15) is 38.9 Å². The van der Waals surface area contributed by atoms with Crippen molar-refractivity contribution < 1.29 is 22.4 Å². The summed E-state index contributed by atoms with van der Waals surface area (Å²) < 4.78 is 30.2. The Bertz CT molecular complexity index is 1220. The van der Waals surface area contributed by atoms with Crippen molar-refractivity contribution in [2.45, 2.75) is 17.4 Å². The maximum atomic E-state index is 12.7. The minimum Gasteiger partial charge on any atom is -0.444 e. The fourth-order valence-corrected chi connectivity index (χ4v) is 5.24. The lowest BCUT2D eigenvalue weighted by Gasteiger charge is -2.26. The molecule has 0 fully saturated rings. The van der Waals surface area contributed by atoms with Gasteiger partial charge in [0.05, 0.1) is 16.7 Å². The van der Waals surface area contributed by atoms with E-state index in [0.29, 0.717) is 27.9 Å². The zero-order valence-electron chi connectivity index (χ0n) is 15.6. The van der Waals surface area contributed by atoms with Crippen LogP contribution in [0.2, 0.25) is 0 Å². The quantitative estimate of drug-likeness (QED) is 0.578. The second kappa shape index (κ2) is 8.08. The summed E-state index contributed by atoms with van der Waals surface area (Å²) in [6, 6.07) is 15.9. The van der Waals surface area contributed by atoms with Crippen molar-refractivity contribution in [3.05, 3.63) is 82.2 Å². The molecule has 4 rings (SSSR count). The van der Waals surface area contributed by atoms with Gasteiger partial charge in [0.2, 0.25) is 0 Å². The van der Waals surface area contributed by atoms with Gasteiger partial charge in [0.25, 0.3) is 11.8 Å². The summed E-state index contributed by atoms with van der Waals surface area (Å²) >= 11 is 3.14. The number of carbonyl (C=O) groups is 2. The lowest BCUT2D eigenvalue weighted by atomic mass is 10.0. The Balaban J connectivity index is 1.45. The van der Waals surface area contributed by atoms with Gasteiger partial charge in [0.1, 0.15) is 0 Å². The predicted molar refractivity (Wildman–Crippen MR) is 114 cm³/mol. The van der Waals surface area contributed by atoms with Crippen LogP contribution in [0.25, 0.3) is 0 Å². The highest BCUT2D eigenvalue weighted by molar-refractivity contribution is 9.10. The molecule has 1 unspecified atom stereocenters. The van der Waals surface area contributed by atoms with E-state index >= 15 is 0 Å². The molecular weight excluding hydrogens is 472 g/mol. The van der Waals surface area contributed by atoms with E-state index in [0.717, 1.165) is 0 Å². The molecule has 0 bridgehead atoms. The molecule has 0 spiro atoms. The van der Waals surface area contributed by atoms with Crippen LogP contribution in [0.5, 0.6) is 0 Å². The van der Waals surface area contributed by atoms with Gasteiger partial charge in [-0.3, -0.25) is 9.59 Å². The second-order valence-corrected chi connectivity index (χ2v) is 9.67. The maximum Gasteiger partial charge on any atom is 0.291 e. The van der Waals surface area contributed by atoms with Crippen molar-refractivity contribution in [1.82, 2.24) is 5.32 Å². The Hall–Kier alpha value is -2.91. The molecule has 0 radical (unpaired) electrons. The number of benzene rings is 2. The van der Waals surface area contributed by atoms with Crippen LogP contribution in [-0.2, 0) is 9.84 Å². The van der Waals surface area contributed by atoms with Gasteiger partial charge in [-0.1, -0.05) is 18.2 Å². The van der Waals surface area contributed by atoms with Gasteiger partial charge < -0.3 is 15.1 Å². The Morgan fingerprint density at radius 2 is 1.70 bits per heavy atom. The molecule has 7 nitrogen and oxygen atoms in total. The Morgan fingerprint density at radius 3 is 2.40 bits per heavy atom. The lowest BCUT2D eigenvalue weighted by Crippen LogP contribution is -2.33. The van der Waals surface area contributed by atoms with Crippen LogP contribution in [0.4, 0.5) is 5.69 Å². The van der Waals surface area contributed by atoms with Crippen molar-refractivity contribution in [1.29, 1.82) is 0 Å². The van der Waals surface area contributed by atoms with Crippen LogP contribution in [-0.4, -0.2) is 26.0 Å². The molecule has 3 aromatic rings. The van der Waals surface area contributed by atoms with Crippen LogP contribution in [0, 0.1) is 0 Å². The molecule has 2 amide bonds. The van der Waals surface area contributed by atoms with Gasteiger partial charge >= 0.3 is 0 Å². The van der Waals surface area contributed by atoms with Gasteiger partial charge in [-0.05, 0) is 70.4 Å². The number of sulfone groups is 1. The minimum atomic E-state index is -3.32. The first-order valence-electron chi connectivity index (χ1n) is 9.13. The first kappa shape index (κ1) is 20.4. The number of halogens is 1. The van der Waals surface area contributed by atoms with Gasteiger partial charge in [-0.2, -0.15) is 0 Å². The average molecular weight is 489 g/mol. The molecule has 154 valence electrons. The largest absolute Gasteiger partial charge is 0.444 e. The molecule has 2 aromatic carbocycles. The molecule has 0 saturated heterocycles. The fraction of sp³-hybridized carbons (Fsp3) is 0.143. The number of nitrogens with one attached hydrogen (secondary N) is 2. The minimum absolute atomic E-state index is 0.0111. The Kier molecular flexibility index (Phi) is 5.48. The van der Waals surface area contributed by atoms with E-state index in [4.69, 9.17) is 4.42 Å². The first-order valence-corrected chi connectivity index (χ1v) is 11.6. The number of rotatable bonds is 4. The van der Waals surface area contributed by atoms with Crippen molar-refractivity contribution >= 4 is 43.3 Å². The number of hydrogen-bond donors (Lipinski definition) is 2. The van der Waals surface area contributed by atoms with Crippen molar-refractivity contribution in [2.24, 2.45) is 0 Å². The van der Waals surface area contributed by atoms with Crippen molar-refractivity contribution in [2.75, 3.05) is 11.1 Å². The third-order valence-corrected chi connectivity index (χ3v) is 7.05. The third kappa shape index (κ3) is 4.17. The van der Waals surface area contributed by atoms with Crippen LogP contribution in [0.15, 0.2) is 74.6 Å². The summed E-state index contributed by atoms with van der Waals surface area (Å²) in [6.07, 6.45) is 0.317. The number of furan rings is 1. The van der Waals surface area contributed by atoms with E-state index in [9.17, 15) is 18.0 Å². The highest BCUT2D eigenvalue weighted by Crippen LogP contribution is 2.32. The summed E-state index contributed by atoms with van der Waals surface area (Å²) in [4.78, 5) is 25.1. The van der Waals surface area contributed by atoms with E-state index in [1.54, 1.807) is 60.7 Å². The van der Waals surface area contributed by atoms with Crippen molar-refractivity contribution in [3.63, 3.8) is 0 Å². The smallest absolute Gasteiger partial charge is 0.291 e. The van der Waals surface area contributed by atoms with Crippen LogP contribution >= 0.6 is 15.9 Å². The summed E-state index contributed by atoms with van der Waals surface area (Å²) in [5.41, 5.74) is 1.52. The lowest BCUT2D eigenvalue weighted by molar-refractivity contribution is 0.0934. The molecule has 1 atom stereocenters. The second-order valence-electron chi connectivity index (χ2n) is 6.81.